The standard InChI is InChI=1S/C11H17N3OS/c1-9-4-5-10(13-8-9)14-11(15)12-6-3-7-16-2/h4-5,8H,3,6-7H2,1-2H3,(H2,12,13,14,15). The lowest BCUT2D eigenvalue weighted by Gasteiger charge is -2.06. The van der Waals surface area contributed by atoms with E-state index in [0.29, 0.717) is 12.4 Å². The number of amides is 2. The third-order valence-corrected chi connectivity index (χ3v) is 2.66. The van der Waals surface area contributed by atoms with Gasteiger partial charge >= 0.3 is 6.03 Å². The maximum absolute atomic E-state index is 11.4. The third-order valence-electron chi connectivity index (χ3n) is 1.96. The lowest BCUT2D eigenvalue weighted by molar-refractivity contribution is 0.252. The molecule has 5 heteroatoms. The van der Waals surface area contributed by atoms with Crippen molar-refractivity contribution in [2.45, 2.75) is 13.3 Å². The Morgan fingerprint density at radius 2 is 2.31 bits per heavy atom. The number of aromatic nitrogens is 1. The van der Waals surface area contributed by atoms with Gasteiger partial charge < -0.3 is 5.32 Å². The van der Waals surface area contributed by atoms with Crippen molar-refractivity contribution in [2.24, 2.45) is 0 Å². The monoisotopic (exact) mass is 239 g/mol. The summed E-state index contributed by atoms with van der Waals surface area (Å²) in [6.07, 6.45) is 4.76. The Kier molecular flexibility index (Phi) is 5.71. The van der Waals surface area contributed by atoms with Crippen LogP contribution < -0.4 is 10.6 Å². The highest BCUT2D eigenvalue weighted by molar-refractivity contribution is 7.98. The molecule has 4 nitrogen and oxygen atoms in total. The first-order valence-electron chi connectivity index (χ1n) is 5.19. The summed E-state index contributed by atoms with van der Waals surface area (Å²) in [6, 6.07) is 3.50. The molecule has 1 heterocycles. The van der Waals surface area contributed by atoms with Crippen molar-refractivity contribution in [1.82, 2.24) is 10.3 Å². The molecule has 0 radical (unpaired) electrons. The van der Waals surface area contributed by atoms with Crippen LogP contribution in [0.5, 0.6) is 0 Å². The molecule has 0 aromatic carbocycles. The van der Waals surface area contributed by atoms with Crippen LogP contribution in [0.1, 0.15) is 12.0 Å². The van der Waals surface area contributed by atoms with Crippen molar-refractivity contribution in [2.75, 3.05) is 23.9 Å². The van der Waals surface area contributed by atoms with Crippen LogP contribution in [0.3, 0.4) is 0 Å². The number of anilines is 1. The van der Waals surface area contributed by atoms with E-state index in [4.69, 9.17) is 0 Å². The van der Waals surface area contributed by atoms with Crippen molar-refractivity contribution in [3.8, 4) is 0 Å². The van der Waals surface area contributed by atoms with Crippen LogP contribution in [0.2, 0.25) is 0 Å². The van der Waals surface area contributed by atoms with Crippen LogP contribution in [0.25, 0.3) is 0 Å². The summed E-state index contributed by atoms with van der Waals surface area (Å²) in [5, 5.41) is 5.46. The highest BCUT2D eigenvalue weighted by atomic mass is 32.2. The lowest BCUT2D eigenvalue weighted by Crippen LogP contribution is -2.30. The average Bonchev–Trinajstić information content (AvgIpc) is 2.28. The minimum Gasteiger partial charge on any atom is -0.338 e. The number of nitrogens with zero attached hydrogens (tertiary/aromatic N) is 1. The Hall–Kier alpha value is -1.23. The van der Waals surface area contributed by atoms with Gasteiger partial charge in [-0.25, -0.2) is 9.78 Å². The number of carbonyl (C=O) groups excluding carboxylic acids is 1. The average molecular weight is 239 g/mol. The second kappa shape index (κ2) is 7.11. The second-order valence-corrected chi connectivity index (χ2v) is 4.43. The quantitative estimate of drug-likeness (QED) is 0.775. The van der Waals surface area contributed by atoms with Crippen molar-refractivity contribution in [3.63, 3.8) is 0 Å². The van der Waals surface area contributed by atoms with E-state index in [0.717, 1.165) is 17.7 Å². The molecule has 0 saturated heterocycles. The number of hydrogen-bond donors (Lipinski definition) is 2. The van der Waals surface area contributed by atoms with Gasteiger partial charge in [0.15, 0.2) is 0 Å². The van der Waals surface area contributed by atoms with E-state index in [2.05, 4.69) is 21.9 Å². The molecule has 0 aliphatic carbocycles. The highest BCUT2D eigenvalue weighted by Crippen LogP contribution is 2.03. The zero-order valence-electron chi connectivity index (χ0n) is 9.62. The molecule has 0 aliphatic heterocycles. The Bertz CT molecular complexity index is 327. The van der Waals surface area contributed by atoms with Crippen molar-refractivity contribution in [3.05, 3.63) is 23.9 Å². The molecule has 1 rings (SSSR count). The number of aryl methyl sites for hydroxylation is 1. The minimum atomic E-state index is -0.197. The van der Waals surface area contributed by atoms with Gasteiger partial charge in [0.1, 0.15) is 5.82 Å². The molecular formula is C11H17N3OS. The Labute approximate surface area is 100 Å². The van der Waals surface area contributed by atoms with E-state index in [-0.39, 0.29) is 6.03 Å². The van der Waals surface area contributed by atoms with Gasteiger partial charge in [0.2, 0.25) is 0 Å². The van der Waals surface area contributed by atoms with E-state index in [1.807, 2.05) is 13.0 Å². The van der Waals surface area contributed by atoms with Crippen LogP contribution in [0.4, 0.5) is 10.6 Å². The van der Waals surface area contributed by atoms with Crippen molar-refractivity contribution < 1.29 is 4.79 Å². The molecular weight excluding hydrogens is 222 g/mol. The SMILES string of the molecule is CSCCCNC(=O)Nc1ccc(C)cn1. The third kappa shape index (κ3) is 5.02. The van der Waals surface area contributed by atoms with E-state index in [9.17, 15) is 4.79 Å². The molecule has 88 valence electrons. The molecule has 0 unspecified atom stereocenters. The van der Waals surface area contributed by atoms with Gasteiger partial charge in [0.25, 0.3) is 0 Å². The van der Waals surface area contributed by atoms with Crippen LogP contribution in [0, 0.1) is 6.92 Å². The molecule has 0 spiro atoms. The number of carbonyl (C=O) groups is 1. The maximum atomic E-state index is 11.4. The van der Waals surface area contributed by atoms with Gasteiger partial charge in [-0.15, -0.1) is 0 Å². The maximum Gasteiger partial charge on any atom is 0.320 e. The second-order valence-electron chi connectivity index (χ2n) is 3.45. The van der Waals surface area contributed by atoms with Gasteiger partial charge in [-0.05, 0) is 37.0 Å². The first kappa shape index (κ1) is 12.8. The summed E-state index contributed by atoms with van der Waals surface area (Å²) in [7, 11) is 0. The lowest BCUT2D eigenvalue weighted by atomic mass is 10.3. The smallest absolute Gasteiger partial charge is 0.320 e. The normalized spacial score (nSPS) is 9.88. The van der Waals surface area contributed by atoms with Crippen LogP contribution >= 0.6 is 11.8 Å². The summed E-state index contributed by atoms with van der Waals surface area (Å²) in [5.74, 6) is 1.64. The summed E-state index contributed by atoms with van der Waals surface area (Å²) in [6.45, 7) is 2.65. The number of pyridine rings is 1. The largest absolute Gasteiger partial charge is 0.338 e. The Morgan fingerprint density at radius 1 is 1.50 bits per heavy atom. The molecule has 0 saturated carbocycles. The Morgan fingerprint density at radius 3 is 2.94 bits per heavy atom. The van der Waals surface area contributed by atoms with Crippen molar-refractivity contribution >= 4 is 23.6 Å². The highest BCUT2D eigenvalue weighted by Gasteiger charge is 2.00. The molecule has 0 atom stereocenters. The summed E-state index contributed by atoms with van der Waals surface area (Å²) in [4.78, 5) is 15.5. The van der Waals surface area contributed by atoms with Gasteiger partial charge in [0, 0.05) is 12.7 Å². The first-order valence-corrected chi connectivity index (χ1v) is 6.58. The van der Waals surface area contributed by atoms with E-state index >= 15 is 0 Å². The minimum absolute atomic E-state index is 0.197. The van der Waals surface area contributed by atoms with Crippen LogP contribution in [-0.2, 0) is 0 Å². The number of nitrogens with one attached hydrogen (secondary N) is 2. The van der Waals surface area contributed by atoms with Gasteiger partial charge in [-0.3, -0.25) is 5.32 Å². The van der Waals surface area contributed by atoms with E-state index < -0.39 is 0 Å². The topological polar surface area (TPSA) is 54.0 Å². The fraction of sp³-hybridized carbons (Fsp3) is 0.455. The van der Waals surface area contributed by atoms with Crippen molar-refractivity contribution in [1.29, 1.82) is 0 Å². The zero-order valence-corrected chi connectivity index (χ0v) is 10.4. The summed E-state index contributed by atoms with van der Waals surface area (Å²) < 4.78 is 0. The fourth-order valence-electron chi connectivity index (χ4n) is 1.12. The number of urea groups is 1. The van der Waals surface area contributed by atoms with E-state index in [1.54, 1.807) is 24.0 Å². The summed E-state index contributed by atoms with van der Waals surface area (Å²) in [5.41, 5.74) is 1.07. The van der Waals surface area contributed by atoms with Gasteiger partial charge in [0.05, 0.1) is 0 Å². The molecule has 0 fully saturated rings. The number of hydrogen-bond acceptors (Lipinski definition) is 3. The molecule has 2 N–H and O–H groups in total. The summed E-state index contributed by atoms with van der Waals surface area (Å²) >= 11 is 1.77. The molecule has 2 amide bonds. The number of thioether (sulfide) groups is 1. The predicted molar refractivity (Wildman–Crippen MR) is 69.0 cm³/mol. The van der Waals surface area contributed by atoms with Gasteiger partial charge in [-0.2, -0.15) is 11.8 Å². The molecule has 0 aliphatic rings. The molecule has 1 aromatic rings. The van der Waals surface area contributed by atoms with Crippen LogP contribution in [-0.4, -0.2) is 29.6 Å². The predicted octanol–water partition coefficient (Wildman–Crippen LogP) is 2.26. The Balaban J connectivity index is 2.26. The molecule has 0 bridgehead atoms. The zero-order chi connectivity index (χ0) is 11.8. The molecule has 16 heavy (non-hydrogen) atoms. The molecule has 1 aromatic heterocycles. The van der Waals surface area contributed by atoms with Crippen LogP contribution in [0.15, 0.2) is 18.3 Å². The van der Waals surface area contributed by atoms with E-state index in [1.165, 1.54) is 0 Å². The number of rotatable bonds is 5. The first-order chi connectivity index (χ1) is 7.72. The van der Waals surface area contributed by atoms with Gasteiger partial charge in [-0.1, -0.05) is 6.07 Å². The fourth-order valence-corrected chi connectivity index (χ4v) is 1.55.